The minimum atomic E-state index is -1.36. The maximum atomic E-state index is 15.5. The Bertz CT molecular complexity index is 3240. The maximum Gasteiger partial charge on any atom is 0.340 e. The van der Waals surface area contributed by atoms with Crippen LogP contribution in [0.25, 0.3) is 11.0 Å². The van der Waals surface area contributed by atoms with E-state index in [-0.39, 0.29) is 72.7 Å². The number of aliphatic hydroxyl groups excluding tert-OH is 2. The van der Waals surface area contributed by atoms with Gasteiger partial charge in [-0.15, -0.1) is 0 Å². The Labute approximate surface area is 439 Å². The van der Waals surface area contributed by atoms with Gasteiger partial charge in [-0.05, 0) is 128 Å². The van der Waals surface area contributed by atoms with Crippen molar-refractivity contribution in [1.82, 2.24) is 0 Å². The van der Waals surface area contributed by atoms with Crippen LogP contribution in [-0.4, -0.2) is 54.2 Å². The van der Waals surface area contributed by atoms with E-state index in [1.54, 1.807) is 12.1 Å². The molecule has 75 heavy (non-hydrogen) atoms. The van der Waals surface area contributed by atoms with E-state index in [0.29, 0.717) is 61.5 Å². The zero-order valence-corrected chi connectivity index (χ0v) is 43.1. The number of fused-ring (bicyclic) bond motifs is 9. The number of esters is 2. The predicted octanol–water partition coefficient (Wildman–Crippen LogP) is 11.4. The van der Waals surface area contributed by atoms with Gasteiger partial charge in [-0.3, -0.25) is 4.79 Å². The highest BCUT2D eigenvalue weighted by atomic mass is 16.6. The summed E-state index contributed by atoms with van der Waals surface area (Å²) in [5.41, 5.74) is 7.96. The molecule has 386 valence electrons. The van der Waals surface area contributed by atoms with Crippen LogP contribution in [0.3, 0.4) is 0 Å². The standard InChI is InChI=1S/C65H66O10/c1-41(2)51-25-22-44-23-26-52-48(35-44)20-10-11-31-65(32-13-19-42-14-6-4-7-15-42)62(74-63(51)69)61(59-56(75-65)29-28-54-55(39-67)58(64(70)73-60(54)59)49(30-33-66)40-71-3)72-57(68)38-50-37-47(24-27-53(50)52)46-21-12-18-45(36-46)34-43-16-8-5-9-17-43/h4-9,12,14-18,21,23-24,26-29,35-36,47,49-50,53,61-62,66-67H,13,19-20,22,25,30-34,37-40H2,1-3H3/t47-,49+,50-,53+,61+,62-,65-/m0/s1. The van der Waals surface area contributed by atoms with Gasteiger partial charge in [0, 0.05) is 60.8 Å². The zero-order valence-electron chi connectivity index (χ0n) is 43.1. The molecule has 0 spiro atoms. The monoisotopic (exact) mass is 1010 g/mol. The number of aliphatic hydroxyl groups is 2. The molecule has 5 bridgehead atoms. The van der Waals surface area contributed by atoms with Gasteiger partial charge in [-0.1, -0.05) is 133 Å². The van der Waals surface area contributed by atoms with Gasteiger partial charge in [0.1, 0.15) is 11.3 Å². The molecule has 5 aromatic carbocycles. The van der Waals surface area contributed by atoms with E-state index >= 15 is 9.59 Å². The molecule has 10 heteroatoms. The molecule has 0 amide bonds. The summed E-state index contributed by atoms with van der Waals surface area (Å²) >= 11 is 0. The smallest absolute Gasteiger partial charge is 0.340 e. The quantitative estimate of drug-likeness (QED) is 0.0377. The normalized spacial score (nSPS) is 22.6. The van der Waals surface area contributed by atoms with Crippen LogP contribution in [0, 0.1) is 17.8 Å². The van der Waals surface area contributed by atoms with Gasteiger partial charge in [-0.25, -0.2) is 9.59 Å². The fourth-order valence-corrected chi connectivity index (χ4v) is 12.2. The Morgan fingerprint density at radius 1 is 0.840 bits per heavy atom. The first kappa shape index (κ1) is 51.5. The van der Waals surface area contributed by atoms with Crippen molar-refractivity contribution in [1.29, 1.82) is 0 Å². The van der Waals surface area contributed by atoms with Crippen LogP contribution >= 0.6 is 0 Å². The molecule has 7 atom stereocenters. The van der Waals surface area contributed by atoms with E-state index < -0.39 is 47.9 Å². The summed E-state index contributed by atoms with van der Waals surface area (Å²) in [4.78, 5) is 45.0. The average Bonchev–Trinajstić information content (AvgIpc) is 3.43. The van der Waals surface area contributed by atoms with Gasteiger partial charge in [0.05, 0.1) is 25.2 Å². The van der Waals surface area contributed by atoms with Crippen LogP contribution in [0.5, 0.6) is 5.75 Å². The fraction of sp³-hybridized carbons (Fsp3) is 0.369. The van der Waals surface area contributed by atoms with Crippen LogP contribution in [0.15, 0.2) is 148 Å². The lowest BCUT2D eigenvalue weighted by Gasteiger charge is -2.47. The third-order valence-electron chi connectivity index (χ3n) is 16.0. The first-order valence-corrected chi connectivity index (χ1v) is 26.6. The maximum absolute atomic E-state index is 15.5. The molecule has 1 aromatic heterocycles. The van der Waals surface area contributed by atoms with Gasteiger partial charge in [0.25, 0.3) is 0 Å². The molecule has 0 radical (unpaired) electrons. The van der Waals surface area contributed by atoms with E-state index in [0.717, 1.165) is 34.2 Å². The van der Waals surface area contributed by atoms with E-state index in [9.17, 15) is 15.0 Å². The molecular weight excluding hydrogens is 941 g/mol. The summed E-state index contributed by atoms with van der Waals surface area (Å²) in [7, 11) is 1.51. The summed E-state index contributed by atoms with van der Waals surface area (Å²) < 4.78 is 33.0. The van der Waals surface area contributed by atoms with E-state index in [2.05, 4.69) is 103 Å². The van der Waals surface area contributed by atoms with Gasteiger partial charge in [0.15, 0.2) is 17.8 Å². The molecule has 2 N–H and O–H groups in total. The Morgan fingerprint density at radius 2 is 1.63 bits per heavy atom. The Balaban J connectivity index is 1.16. The molecule has 0 unspecified atom stereocenters. The Hall–Kier alpha value is -7.03. The Morgan fingerprint density at radius 3 is 2.39 bits per heavy atom. The van der Waals surface area contributed by atoms with Crippen LogP contribution in [0.1, 0.15) is 138 Å². The zero-order chi connectivity index (χ0) is 52.1. The number of benzene rings is 5. The van der Waals surface area contributed by atoms with Crippen LogP contribution < -0.4 is 10.4 Å². The van der Waals surface area contributed by atoms with Gasteiger partial charge >= 0.3 is 17.6 Å². The molecule has 3 aliphatic heterocycles. The molecular formula is C65H66O10. The highest BCUT2D eigenvalue weighted by Gasteiger charge is 2.55. The fourth-order valence-electron chi connectivity index (χ4n) is 12.2. The molecule has 4 aliphatic rings. The number of rotatable bonds is 13. The second kappa shape index (κ2) is 22.8. The minimum Gasteiger partial charge on any atom is -0.482 e. The molecule has 0 fully saturated rings. The largest absolute Gasteiger partial charge is 0.482 e. The number of carbonyl (C=O) groups is 2. The first-order valence-electron chi connectivity index (χ1n) is 26.6. The van der Waals surface area contributed by atoms with Crippen molar-refractivity contribution in [2.45, 2.75) is 127 Å². The number of carbonyl (C=O) groups excluding carboxylic acids is 2. The lowest BCUT2D eigenvalue weighted by atomic mass is 9.71. The number of ether oxygens (including phenoxy) is 4. The molecule has 10 rings (SSSR count). The molecule has 10 nitrogen and oxygen atoms in total. The van der Waals surface area contributed by atoms with Crippen molar-refractivity contribution >= 4 is 22.9 Å². The lowest BCUT2D eigenvalue weighted by molar-refractivity contribution is -0.194. The summed E-state index contributed by atoms with van der Waals surface area (Å²) in [6.45, 7) is 3.14. The molecule has 0 saturated heterocycles. The summed E-state index contributed by atoms with van der Waals surface area (Å²) in [5.74, 6) is 5.34. The molecule has 6 aromatic rings. The second-order valence-corrected chi connectivity index (χ2v) is 21.0. The third kappa shape index (κ3) is 10.9. The molecule has 4 heterocycles. The minimum absolute atomic E-state index is 0.0103. The van der Waals surface area contributed by atoms with Crippen molar-refractivity contribution in [3.05, 3.63) is 205 Å². The average molecular weight is 1010 g/mol. The SMILES string of the molecule is COC[C@@H](CCO)c1c(CO)c2ccc3c(c2oc1=O)[C@H]1OC(=O)C[C@@H]2C[C@@H](c4cccc(Cc5ccccc5)c4)C=C[C@H]2c2ccc4cc2CC#CC[C@@](CCCc2ccccc2)(O3)[C@H]1OC(=O)C(=C(C)C)CC4. The second-order valence-electron chi connectivity index (χ2n) is 21.0. The Kier molecular flexibility index (Phi) is 15.7. The predicted molar refractivity (Wildman–Crippen MR) is 288 cm³/mol. The number of allylic oxidation sites excluding steroid dienone is 3. The van der Waals surface area contributed by atoms with Crippen molar-refractivity contribution in [3.63, 3.8) is 0 Å². The summed E-state index contributed by atoms with van der Waals surface area (Å²) in [6, 6.07) is 39.4. The van der Waals surface area contributed by atoms with Crippen molar-refractivity contribution < 1.29 is 43.2 Å². The third-order valence-corrected chi connectivity index (χ3v) is 16.0. The van der Waals surface area contributed by atoms with E-state index in [1.807, 2.05) is 38.1 Å². The summed E-state index contributed by atoms with van der Waals surface area (Å²) in [5, 5.41) is 21.6. The first-order chi connectivity index (χ1) is 36.6. The number of methoxy groups -OCH3 is 1. The van der Waals surface area contributed by atoms with Crippen LogP contribution in [0.2, 0.25) is 0 Å². The van der Waals surface area contributed by atoms with Crippen molar-refractivity contribution in [3.8, 4) is 17.6 Å². The van der Waals surface area contributed by atoms with Crippen molar-refractivity contribution in [2.75, 3.05) is 20.3 Å². The number of hydrogen-bond acceptors (Lipinski definition) is 10. The van der Waals surface area contributed by atoms with Crippen molar-refractivity contribution in [2.24, 2.45) is 5.92 Å². The number of aryl methyl sites for hydroxylation is 2. The van der Waals surface area contributed by atoms with E-state index in [1.165, 1.54) is 23.8 Å². The van der Waals surface area contributed by atoms with E-state index in [4.69, 9.17) is 23.4 Å². The lowest BCUT2D eigenvalue weighted by Crippen LogP contribution is -2.56. The topological polar surface area (TPSA) is 142 Å². The highest BCUT2D eigenvalue weighted by molar-refractivity contribution is 5.90. The number of hydrogen-bond donors (Lipinski definition) is 2. The highest BCUT2D eigenvalue weighted by Crippen LogP contribution is 2.52. The molecule has 1 aliphatic carbocycles. The summed E-state index contributed by atoms with van der Waals surface area (Å²) in [6.07, 6.45) is 6.82. The van der Waals surface area contributed by atoms with Crippen LogP contribution in [0.4, 0.5) is 0 Å². The van der Waals surface area contributed by atoms with Gasteiger partial charge in [0.2, 0.25) is 0 Å². The van der Waals surface area contributed by atoms with Crippen LogP contribution in [-0.2, 0) is 56.1 Å². The van der Waals surface area contributed by atoms with Gasteiger partial charge < -0.3 is 33.6 Å². The van der Waals surface area contributed by atoms with Gasteiger partial charge in [-0.2, -0.15) is 0 Å². The molecule has 0 saturated carbocycles.